The zero-order chi connectivity index (χ0) is 11.9. The molecule has 88 valence electrons. The average molecular weight is 226 g/mol. The predicted octanol–water partition coefficient (Wildman–Crippen LogP) is 5.38. The van der Waals surface area contributed by atoms with Crippen molar-refractivity contribution in [2.24, 2.45) is 0 Å². The van der Waals surface area contributed by atoms with Gasteiger partial charge in [-0.25, -0.2) is 0 Å². The molecule has 0 saturated carbocycles. The third-order valence-corrected chi connectivity index (χ3v) is 2.26. The van der Waals surface area contributed by atoms with Gasteiger partial charge in [-0.3, -0.25) is 0 Å². The predicted molar refractivity (Wildman–Crippen MR) is 75.6 cm³/mol. The van der Waals surface area contributed by atoms with Crippen LogP contribution in [0.1, 0.15) is 46.6 Å². The Morgan fingerprint density at radius 2 is 1.40 bits per heavy atom. The van der Waals surface area contributed by atoms with Crippen LogP contribution in [-0.2, 0) is 5.75 Å². The second-order valence-corrected chi connectivity index (χ2v) is 4.10. The molecule has 0 heterocycles. The maximum absolute atomic E-state index is 2.19. The van der Waals surface area contributed by atoms with Gasteiger partial charge in [0.25, 0.3) is 0 Å². The van der Waals surface area contributed by atoms with Gasteiger partial charge in [0.2, 0.25) is 0 Å². The van der Waals surface area contributed by atoms with E-state index in [4.69, 9.17) is 0 Å². The van der Waals surface area contributed by atoms with Crippen molar-refractivity contribution in [1.29, 1.82) is 0 Å². The highest BCUT2D eigenvalue weighted by molar-refractivity contribution is 7.98. The number of hydrogen-bond donors (Lipinski definition) is 0. The first-order valence-electron chi connectivity index (χ1n) is 5.96. The Bertz CT molecular complexity index is 182. The van der Waals surface area contributed by atoms with Crippen LogP contribution in [0.3, 0.4) is 0 Å². The highest BCUT2D eigenvalue weighted by Crippen LogP contribution is 2.09. The molecule has 0 nitrogen and oxygen atoms in total. The van der Waals surface area contributed by atoms with Gasteiger partial charge < -0.3 is 0 Å². The van der Waals surface area contributed by atoms with E-state index in [1.54, 1.807) is 0 Å². The molecular formula is C14H26S. The summed E-state index contributed by atoms with van der Waals surface area (Å²) in [5, 5.41) is 0. The van der Waals surface area contributed by atoms with E-state index in [0.717, 1.165) is 5.75 Å². The fourth-order valence-electron chi connectivity index (χ4n) is 0.794. The molecule has 1 rings (SSSR count). The van der Waals surface area contributed by atoms with Gasteiger partial charge in [-0.15, -0.1) is 0 Å². The van der Waals surface area contributed by atoms with Crippen LogP contribution < -0.4 is 0 Å². The summed E-state index contributed by atoms with van der Waals surface area (Å²) in [6.07, 6.45) is 1.25. The van der Waals surface area contributed by atoms with E-state index >= 15 is 0 Å². The molecule has 1 aromatic carbocycles. The minimum atomic E-state index is 1.15. The van der Waals surface area contributed by atoms with Crippen LogP contribution in [0.15, 0.2) is 30.3 Å². The Kier molecular flexibility index (Phi) is 18.1. The van der Waals surface area contributed by atoms with E-state index in [0.29, 0.717) is 0 Å². The Morgan fingerprint density at radius 3 is 1.80 bits per heavy atom. The molecule has 0 spiro atoms. The monoisotopic (exact) mass is 226 g/mol. The summed E-state index contributed by atoms with van der Waals surface area (Å²) < 4.78 is 0. The van der Waals surface area contributed by atoms with Gasteiger partial charge in [0.15, 0.2) is 0 Å². The van der Waals surface area contributed by atoms with Crippen molar-refractivity contribution in [1.82, 2.24) is 0 Å². The molecule has 0 unspecified atom stereocenters. The third-order valence-electron chi connectivity index (χ3n) is 1.32. The van der Waals surface area contributed by atoms with E-state index < -0.39 is 0 Å². The molecule has 0 fully saturated rings. The number of rotatable bonds is 3. The minimum Gasteiger partial charge on any atom is -0.157 e. The second-order valence-electron chi connectivity index (χ2n) is 2.83. The second kappa shape index (κ2) is 16.0. The first-order chi connectivity index (χ1) is 7.35. The fraction of sp³-hybridized carbons (Fsp3) is 0.571. The smallest absolute Gasteiger partial charge is 0.0184 e. The molecule has 0 amide bonds. The van der Waals surface area contributed by atoms with E-state index in [9.17, 15) is 0 Å². The van der Waals surface area contributed by atoms with Gasteiger partial charge in [-0.05, 0) is 11.3 Å². The molecule has 0 radical (unpaired) electrons. The van der Waals surface area contributed by atoms with E-state index in [2.05, 4.69) is 51.1 Å². The number of hydrogen-bond acceptors (Lipinski definition) is 1. The molecule has 0 saturated heterocycles. The van der Waals surface area contributed by atoms with Gasteiger partial charge in [-0.2, -0.15) is 11.8 Å². The van der Waals surface area contributed by atoms with Crippen LogP contribution >= 0.6 is 11.8 Å². The summed E-state index contributed by atoms with van der Waals surface area (Å²) >= 11 is 1.96. The molecule has 0 aromatic heterocycles. The lowest BCUT2D eigenvalue weighted by molar-refractivity contribution is 1.09. The number of benzene rings is 1. The molecule has 0 bridgehead atoms. The maximum Gasteiger partial charge on any atom is 0.0184 e. The van der Waals surface area contributed by atoms with Crippen molar-refractivity contribution >= 4 is 11.8 Å². The lowest BCUT2D eigenvalue weighted by Crippen LogP contribution is -1.77. The van der Waals surface area contributed by atoms with Crippen LogP contribution in [0.5, 0.6) is 0 Å². The Labute approximate surface area is 100 Å². The molecule has 0 aliphatic carbocycles. The molecule has 0 aliphatic heterocycles. The normalized spacial score (nSPS) is 8.07. The van der Waals surface area contributed by atoms with Crippen molar-refractivity contribution in [3.8, 4) is 0 Å². The first kappa shape index (κ1) is 17.0. The summed E-state index contributed by atoms with van der Waals surface area (Å²) in [5.41, 5.74) is 1.43. The van der Waals surface area contributed by atoms with Crippen LogP contribution in [0.2, 0.25) is 0 Å². The van der Waals surface area contributed by atoms with Crippen molar-refractivity contribution in [3.05, 3.63) is 35.9 Å². The molecule has 0 N–H and O–H groups in total. The summed E-state index contributed by atoms with van der Waals surface area (Å²) in [5.74, 6) is 2.35. The molecule has 0 aliphatic rings. The van der Waals surface area contributed by atoms with Crippen molar-refractivity contribution in [2.75, 3.05) is 5.75 Å². The third kappa shape index (κ3) is 13.6. The van der Waals surface area contributed by atoms with Gasteiger partial charge in [-0.1, -0.05) is 71.4 Å². The highest BCUT2D eigenvalue weighted by atomic mass is 32.2. The summed E-state index contributed by atoms with van der Waals surface area (Å²) in [6, 6.07) is 10.6. The standard InChI is InChI=1S/C9H12S.C3H8.C2H6/c1-2-10-8-9-6-4-3-5-7-9;1-3-2;1-2/h3-7H,2,8H2,1H3;3H2,1-2H3;1-2H3. The number of thioether (sulfide) groups is 1. The van der Waals surface area contributed by atoms with Gasteiger partial charge >= 0.3 is 0 Å². The van der Waals surface area contributed by atoms with Crippen LogP contribution in [0, 0.1) is 0 Å². The van der Waals surface area contributed by atoms with E-state index in [1.807, 2.05) is 25.6 Å². The molecule has 15 heavy (non-hydrogen) atoms. The topological polar surface area (TPSA) is 0 Å². The average Bonchev–Trinajstić information content (AvgIpc) is 2.31. The first-order valence-corrected chi connectivity index (χ1v) is 7.12. The largest absolute Gasteiger partial charge is 0.157 e. The van der Waals surface area contributed by atoms with Gasteiger partial charge in [0, 0.05) is 5.75 Å². The minimum absolute atomic E-state index is 1.15. The van der Waals surface area contributed by atoms with Crippen LogP contribution in [0.25, 0.3) is 0 Å². The lowest BCUT2D eigenvalue weighted by atomic mass is 10.2. The molecule has 1 heteroatoms. The molecule has 1 aromatic rings. The highest BCUT2D eigenvalue weighted by Gasteiger charge is 1.87. The van der Waals surface area contributed by atoms with Gasteiger partial charge in [0.05, 0.1) is 0 Å². The zero-order valence-electron chi connectivity index (χ0n) is 10.9. The van der Waals surface area contributed by atoms with Crippen LogP contribution in [0.4, 0.5) is 0 Å². The maximum atomic E-state index is 2.19. The van der Waals surface area contributed by atoms with Crippen LogP contribution in [-0.4, -0.2) is 5.75 Å². The Hall–Kier alpha value is -0.430. The lowest BCUT2D eigenvalue weighted by Gasteiger charge is -1.96. The van der Waals surface area contributed by atoms with Crippen molar-refractivity contribution < 1.29 is 0 Å². The fourth-order valence-corrected chi connectivity index (χ4v) is 1.43. The van der Waals surface area contributed by atoms with E-state index in [1.165, 1.54) is 17.7 Å². The van der Waals surface area contributed by atoms with Crippen molar-refractivity contribution in [2.45, 2.75) is 46.8 Å². The summed E-state index contributed by atoms with van der Waals surface area (Å²) in [7, 11) is 0. The van der Waals surface area contributed by atoms with Gasteiger partial charge in [0.1, 0.15) is 0 Å². The Balaban J connectivity index is 0. The molecular weight excluding hydrogens is 200 g/mol. The molecule has 0 atom stereocenters. The quantitative estimate of drug-likeness (QED) is 0.666. The summed E-state index contributed by atoms with van der Waals surface area (Å²) in [6.45, 7) is 10.4. The van der Waals surface area contributed by atoms with E-state index in [-0.39, 0.29) is 0 Å². The SMILES string of the molecule is CC.CCC.CCSCc1ccccc1. The zero-order valence-corrected chi connectivity index (χ0v) is 11.7. The summed E-state index contributed by atoms with van der Waals surface area (Å²) in [4.78, 5) is 0. The van der Waals surface area contributed by atoms with Crippen molar-refractivity contribution in [3.63, 3.8) is 0 Å². The Morgan fingerprint density at radius 1 is 0.933 bits per heavy atom.